The molecular formula is C10H21N3S2. The maximum Gasteiger partial charge on any atom is 0.191 e. The van der Waals surface area contributed by atoms with Crippen LogP contribution in [0.5, 0.6) is 0 Å². The Kier molecular flexibility index (Phi) is 5.12. The highest BCUT2D eigenvalue weighted by Gasteiger charge is 2.17. The Morgan fingerprint density at radius 3 is 2.60 bits per heavy atom. The molecule has 1 aliphatic rings. The van der Waals surface area contributed by atoms with E-state index in [1.807, 2.05) is 23.5 Å². The highest BCUT2D eigenvalue weighted by molar-refractivity contribution is 8.00. The second-order valence-corrected chi connectivity index (χ2v) is 6.98. The Labute approximate surface area is 101 Å². The molecule has 1 aliphatic heterocycles. The fraction of sp³-hybridized carbons (Fsp3) is 0.900. The standard InChI is InChI=1S/C10H21N3S2/c1-10(2,14-3)8-12-9(11)13-4-6-15-7-5-13/h4-8H2,1-3H3,(H2,11,12). The van der Waals surface area contributed by atoms with Crippen LogP contribution < -0.4 is 5.73 Å². The summed E-state index contributed by atoms with van der Waals surface area (Å²) in [4.78, 5) is 6.67. The predicted octanol–water partition coefficient (Wildman–Crippen LogP) is 1.49. The molecule has 1 fully saturated rings. The lowest BCUT2D eigenvalue weighted by atomic mass is 10.2. The first-order chi connectivity index (χ1) is 7.05. The zero-order valence-corrected chi connectivity index (χ0v) is 11.5. The molecule has 0 atom stereocenters. The molecule has 0 aliphatic carbocycles. The van der Waals surface area contributed by atoms with E-state index in [1.165, 1.54) is 11.5 Å². The molecule has 0 saturated carbocycles. The van der Waals surface area contributed by atoms with Crippen LogP contribution in [0.3, 0.4) is 0 Å². The summed E-state index contributed by atoms with van der Waals surface area (Å²) in [6.45, 7) is 7.27. The van der Waals surface area contributed by atoms with Gasteiger partial charge in [0.1, 0.15) is 0 Å². The van der Waals surface area contributed by atoms with Gasteiger partial charge in [0.15, 0.2) is 5.96 Å². The van der Waals surface area contributed by atoms with Crippen LogP contribution in [-0.4, -0.2) is 53.0 Å². The maximum absolute atomic E-state index is 5.97. The van der Waals surface area contributed by atoms with Crippen molar-refractivity contribution < 1.29 is 0 Å². The van der Waals surface area contributed by atoms with Crippen LogP contribution in [0.4, 0.5) is 0 Å². The van der Waals surface area contributed by atoms with Crippen molar-refractivity contribution in [2.45, 2.75) is 18.6 Å². The third-order valence-corrected chi connectivity index (χ3v) is 4.69. The molecular weight excluding hydrogens is 226 g/mol. The molecule has 0 aromatic heterocycles. The molecule has 0 radical (unpaired) electrons. The Balaban J connectivity index is 2.44. The predicted molar refractivity (Wildman–Crippen MR) is 73.0 cm³/mol. The normalized spacial score (nSPS) is 19.4. The van der Waals surface area contributed by atoms with Gasteiger partial charge < -0.3 is 10.6 Å². The summed E-state index contributed by atoms with van der Waals surface area (Å²) < 4.78 is 0.190. The SMILES string of the molecule is CSC(C)(C)CN=C(N)N1CCSCC1. The smallest absolute Gasteiger partial charge is 0.191 e. The minimum absolute atomic E-state index is 0.190. The summed E-state index contributed by atoms with van der Waals surface area (Å²) in [5, 5.41) is 0. The molecule has 3 nitrogen and oxygen atoms in total. The van der Waals surface area contributed by atoms with Crippen LogP contribution >= 0.6 is 23.5 Å². The lowest BCUT2D eigenvalue weighted by molar-refractivity contribution is 0.454. The van der Waals surface area contributed by atoms with Crippen LogP contribution in [0.1, 0.15) is 13.8 Å². The minimum Gasteiger partial charge on any atom is -0.370 e. The summed E-state index contributed by atoms with van der Waals surface area (Å²) in [5.74, 6) is 3.06. The summed E-state index contributed by atoms with van der Waals surface area (Å²) in [5.41, 5.74) is 5.97. The third kappa shape index (κ3) is 4.55. The second-order valence-electron chi connectivity index (χ2n) is 4.24. The number of rotatable bonds is 3. The first kappa shape index (κ1) is 13.0. The van der Waals surface area contributed by atoms with Crippen molar-refractivity contribution in [1.82, 2.24) is 4.90 Å². The maximum atomic E-state index is 5.97. The van der Waals surface area contributed by atoms with Crippen LogP contribution in [0.25, 0.3) is 0 Å². The van der Waals surface area contributed by atoms with Gasteiger partial charge in [-0.15, -0.1) is 0 Å². The number of nitrogens with two attached hydrogens (primary N) is 1. The van der Waals surface area contributed by atoms with Gasteiger partial charge >= 0.3 is 0 Å². The molecule has 15 heavy (non-hydrogen) atoms. The van der Waals surface area contributed by atoms with E-state index in [4.69, 9.17) is 5.73 Å². The highest BCUT2D eigenvalue weighted by Crippen LogP contribution is 2.21. The van der Waals surface area contributed by atoms with Crippen LogP contribution in [0, 0.1) is 0 Å². The van der Waals surface area contributed by atoms with Gasteiger partial charge in [0, 0.05) is 29.3 Å². The van der Waals surface area contributed by atoms with E-state index in [0.29, 0.717) is 0 Å². The summed E-state index contributed by atoms with van der Waals surface area (Å²) in [7, 11) is 0. The molecule has 0 aromatic rings. The Bertz CT molecular complexity index is 223. The van der Waals surface area contributed by atoms with E-state index in [1.54, 1.807) is 0 Å². The average molecular weight is 247 g/mol. The summed E-state index contributed by atoms with van der Waals surface area (Å²) in [6, 6.07) is 0. The van der Waals surface area contributed by atoms with Gasteiger partial charge in [-0.1, -0.05) is 0 Å². The Morgan fingerprint density at radius 1 is 1.47 bits per heavy atom. The van der Waals surface area contributed by atoms with E-state index in [9.17, 15) is 0 Å². The number of hydrogen-bond acceptors (Lipinski definition) is 3. The molecule has 1 rings (SSSR count). The quantitative estimate of drug-likeness (QED) is 0.606. The molecule has 1 saturated heterocycles. The van der Waals surface area contributed by atoms with E-state index in [-0.39, 0.29) is 4.75 Å². The lowest BCUT2D eigenvalue weighted by Gasteiger charge is -2.28. The Morgan fingerprint density at radius 2 is 2.07 bits per heavy atom. The first-order valence-corrected chi connectivity index (χ1v) is 7.61. The van der Waals surface area contributed by atoms with E-state index < -0.39 is 0 Å². The van der Waals surface area contributed by atoms with Gasteiger partial charge in [-0.3, -0.25) is 4.99 Å². The number of aliphatic imine (C=N–C) groups is 1. The molecule has 2 N–H and O–H groups in total. The van der Waals surface area contributed by atoms with E-state index in [0.717, 1.165) is 25.6 Å². The molecule has 0 amide bonds. The monoisotopic (exact) mass is 247 g/mol. The fourth-order valence-corrected chi connectivity index (χ4v) is 2.33. The van der Waals surface area contributed by atoms with Crippen molar-refractivity contribution >= 4 is 29.5 Å². The van der Waals surface area contributed by atoms with Crippen molar-refractivity contribution in [3.63, 3.8) is 0 Å². The van der Waals surface area contributed by atoms with E-state index >= 15 is 0 Å². The van der Waals surface area contributed by atoms with Crippen molar-refractivity contribution in [1.29, 1.82) is 0 Å². The van der Waals surface area contributed by atoms with Gasteiger partial charge in [-0.05, 0) is 20.1 Å². The van der Waals surface area contributed by atoms with Crippen LogP contribution in [-0.2, 0) is 0 Å². The van der Waals surface area contributed by atoms with Crippen molar-refractivity contribution in [3.05, 3.63) is 0 Å². The second kappa shape index (κ2) is 5.89. The largest absolute Gasteiger partial charge is 0.370 e. The lowest BCUT2D eigenvalue weighted by Crippen LogP contribution is -2.43. The molecule has 0 bridgehead atoms. The first-order valence-electron chi connectivity index (χ1n) is 5.23. The zero-order chi connectivity index (χ0) is 11.3. The molecule has 88 valence electrons. The summed E-state index contributed by atoms with van der Waals surface area (Å²) >= 11 is 3.82. The summed E-state index contributed by atoms with van der Waals surface area (Å²) in [6.07, 6.45) is 2.11. The van der Waals surface area contributed by atoms with Gasteiger partial charge in [0.25, 0.3) is 0 Å². The molecule has 5 heteroatoms. The third-order valence-electron chi connectivity index (χ3n) is 2.51. The number of guanidine groups is 1. The topological polar surface area (TPSA) is 41.6 Å². The van der Waals surface area contributed by atoms with E-state index in [2.05, 4.69) is 30.0 Å². The van der Waals surface area contributed by atoms with Crippen LogP contribution in [0.15, 0.2) is 4.99 Å². The number of thioether (sulfide) groups is 2. The van der Waals surface area contributed by atoms with Gasteiger partial charge in [0.05, 0.1) is 6.54 Å². The average Bonchev–Trinajstić information content (AvgIpc) is 2.27. The molecule has 0 unspecified atom stereocenters. The van der Waals surface area contributed by atoms with Crippen molar-refractivity contribution in [2.24, 2.45) is 10.7 Å². The van der Waals surface area contributed by atoms with Gasteiger partial charge in [-0.25, -0.2) is 0 Å². The molecule has 0 aromatic carbocycles. The van der Waals surface area contributed by atoms with Crippen LogP contribution in [0.2, 0.25) is 0 Å². The van der Waals surface area contributed by atoms with Gasteiger partial charge in [0.2, 0.25) is 0 Å². The van der Waals surface area contributed by atoms with Gasteiger partial charge in [-0.2, -0.15) is 23.5 Å². The minimum atomic E-state index is 0.190. The zero-order valence-electron chi connectivity index (χ0n) is 9.82. The fourth-order valence-electron chi connectivity index (χ4n) is 1.23. The molecule has 0 spiro atoms. The number of nitrogens with zero attached hydrogens (tertiary/aromatic N) is 2. The Hall–Kier alpha value is -0.0300. The van der Waals surface area contributed by atoms with Crippen molar-refractivity contribution in [2.75, 3.05) is 37.4 Å². The van der Waals surface area contributed by atoms with Crippen molar-refractivity contribution in [3.8, 4) is 0 Å². The number of hydrogen-bond donors (Lipinski definition) is 1. The highest BCUT2D eigenvalue weighted by atomic mass is 32.2. The molecule has 1 heterocycles.